The molecular weight excluding hydrogens is 182 g/mol. The van der Waals surface area contributed by atoms with Gasteiger partial charge in [0.15, 0.2) is 0 Å². The van der Waals surface area contributed by atoms with Gasteiger partial charge in [-0.15, -0.1) is 0 Å². The number of benzene rings is 1. The molecule has 1 aliphatic rings. The van der Waals surface area contributed by atoms with Crippen molar-refractivity contribution in [2.24, 2.45) is 11.7 Å². The Morgan fingerprint density at radius 1 is 1.13 bits per heavy atom. The quantitative estimate of drug-likeness (QED) is 0.785. The summed E-state index contributed by atoms with van der Waals surface area (Å²) < 4.78 is 0. The third kappa shape index (κ3) is 2.82. The number of hydrogen-bond acceptors (Lipinski definition) is 1. The minimum absolute atomic E-state index is 0.431. The van der Waals surface area contributed by atoms with Crippen LogP contribution in [0.3, 0.4) is 0 Å². The first-order valence-corrected chi connectivity index (χ1v) is 6.07. The van der Waals surface area contributed by atoms with Gasteiger partial charge in [-0.3, -0.25) is 0 Å². The van der Waals surface area contributed by atoms with Crippen molar-refractivity contribution in [3.8, 4) is 0 Å². The Morgan fingerprint density at radius 2 is 1.80 bits per heavy atom. The van der Waals surface area contributed by atoms with E-state index >= 15 is 0 Å². The van der Waals surface area contributed by atoms with Crippen LogP contribution in [0.2, 0.25) is 0 Å². The van der Waals surface area contributed by atoms with Gasteiger partial charge in [0.1, 0.15) is 0 Å². The average Bonchev–Trinajstić information content (AvgIpc) is 2.25. The first kappa shape index (κ1) is 10.7. The zero-order valence-corrected chi connectivity index (χ0v) is 9.58. The lowest BCUT2D eigenvalue weighted by molar-refractivity contribution is 0.306. The summed E-state index contributed by atoms with van der Waals surface area (Å²) >= 11 is 0. The van der Waals surface area contributed by atoms with E-state index in [1.54, 1.807) is 0 Å². The largest absolute Gasteiger partial charge is 0.327 e. The average molecular weight is 203 g/mol. The fourth-order valence-electron chi connectivity index (χ4n) is 2.52. The minimum Gasteiger partial charge on any atom is -0.327 e. The van der Waals surface area contributed by atoms with Crippen LogP contribution < -0.4 is 5.73 Å². The smallest absolute Gasteiger partial charge is 0.00703 e. The molecule has 0 aromatic heterocycles. The molecule has 2 unspecified atom stereocenters. The van der Waals surface area contributed by atoms with Crippen LogP contribution in [0.5, 0.6) is 0 Å². The van der Waals surface area contributed by atoms with Gasteiger partial charge >= 0.3 is 0 Å². The highest BCUT2D eigenvalue weighted by atomic mass is 14.7. The molecule has 82 valence electrons. The molecule has 0 heterocycles. The lowest BCUT2D eigenvalue weighted by Crippen LogP contribution is -2.34. The van der Waals surface area contributed by atoms with Gasteiger partial charge < -0.3 is 5.73 Å². The van der Waals surface area contributed by atoms with Crippen LogP contribution in [0, 0.1) is 12.8 Å². The zero-order valence-electron chi connectivity index (χ0n) is 9.58. The van der Waals surface area contributed by atoms with Crippen molar-refractivity contribution in [1.82, 2.24) is 0 Å². The lowest BCUT2D eigenvalue weighted by atomic mass is 9.81. The minimum atomic E-state index is 0.431. The maximum Gasteiger partial charge on any atom is 0.00703 e. The molecule has 0 amide bonds. The summed E-state index contributed by atoms with van der Waals surface area (Å²) in [6.45, 7) is 2.14. The maximum absolute atomic E-state index is 6.16. The fourth-order valence-corrected chi connectivity index (χ4v) is 2.52. The van der Waals surface area contributed by atoms with Gasteiger partial charge in [0.25, 0.3) is 0 Å². The first-order valence-electron chi connectivity index (χ1n) is 6.07. The van der Waals surface area contributed by atoms with Crippen LogP contribution in [0.1, 0.15) is 36.8 Å². The fraction of sp³-hybridized carbons (Fsp3) is 0.571. The monoisotopic (exact) mass is 203 g/mol. The highest BCUT2D eigenvalue weighted by Crippen LogP contribution is 2.26. The van der Waals surface area contributed by atoms with Crippen LogP contribution in [0.4, 0.5) is 0 Å². The molecule has 0 spiro atoms. The summed E-state index contributed by atoms with van der Waals surface area (Å²) in [7, 11) is 0. The molecule has 0 bridgehead atoms. The van der Waals surface area contributed by atoms with Crippen LogP contribution in [-0.2, 0) is 6.42 Å². The number of nitrogens with two attached hydrogens (primary N) is 1. The van der Waals surface area contributed by atoms with E-state index in [9.17, 15) is 0 Å². The highest BCUT2D eigenvalue weighted by Gasteiger charge is 2.21. The zero-order chi connectivity index (χ0) is 10.7. The van der Waals surface area contributed by atoms with E-state index < -0.39 is 0 Å². The molecule has 1 nitrogen and oxygen atoms in total. The molecule has 2 rings (SSSR count). The molecule has 0 radical (unpaired) electrons. The second kappa shape index (κ2) is 4.80. The summed E-state index contributed by atoms with van der Waals surface area (Å²) in [6, 6.07) is 9.32. The Bertz CT molecular complexity index is 302. The third-order valence-electron chi connectivity index (χ3n) is 3.59. The Hall–Kier alpha value is -0.820. The van der Waals surface area contributed by atoms with Gasteiger partial charge in [0.05, 0.1) is 0 Å². The second-order valence-corrected chi connectivity index (χ2v) is 4.90. The van der Waals surface area contributed by atoms with E-state index in [2.05, 4.69) is 31.2 Å². The maximum atomic E-state index is 6.16. The van der Waals surface area contributed by atoms with Gasteiger partial charge in [-0.05, 0) is 37.7 Å². The molecule has 1 heteroatoms. The Kier molecular flexibility index (Phi) is 3.42. The lowest BCUT2D eigenvalue weighted by Gasteiger charge is -2.28. The summed E-state index contributed by atoms with van der Waals surface area (Å²) in [5, 5.41) is 0. The molecular formula is C14H21N. The molecule has 2 atom stereocenters. The van der Waals surface area contributed by atoms with Crippen molar-refractivity contribution in [1.29, 1.82) is 0 Å². The van der Waals surface area contributed by atoms with Crippen molar-refractivity contribution in [3.63, 3.8) is 0 Å². The van der Waals surface area contributed by atoms with Crippen LogP contribution in [-0.4, -0.2) is 6.04 Å². The van der Waals surface area contributed by atoms with Gasteiger partial charge in [-0.1, -0.05) is 42.7 Å². The molecule has 1 fully saturated rings. The molecule has 1 aromatic rings. The van der Waals surface area contributed by atoms with Gasteiger partial charge in [-0.2, -0.15) is 0 Å². The van der Waals surface area contributed by atoms with Crippen LogP contribution in [0.15, 0.2) is 24.3 Å². The molecule has 15 heavy (non-hydrogen) atoms. The van der Waals surface area contributed by atoms with Crippen molar-refractivity contribution < 1.29 is 0 Å². The summed E-state index contributed by atoms with van der Waals surface area (Å²) in [4.78, 5) is 0. The van der Waals surface area contributed by atoms with Gasteiger partial charge in [-0.25, -0.2) is 0 Å². The third-order valence-corrected chi connectivity index (χ3v) is 3.59. The SMILES string of the molecule is Cc1ccc(CC2CCCCC2N)cc1. The molecule has 0 saturated heterocycles. The Morgan fingerprint density at radius 3 is 2.47 bits per heavy atom. The van der Waals surface area contributed by atoms with Gasteiger partial charge in [0, 0.05) is 6.04 Å². The predicted octanol–water partition coefficient (Wildman–Crippen LogP) is 3.06. The van der Waals surface area contributed by atoms with Crippen LogP contribution in [0.25, 0.3) is 0 Å². The van der Waals surface area contributed by atoms with E-state index in [0.717, 1.165) is 0 Å². The Balaban J connectivity index is 1.98. The Labute approximate surface area is 92.7 Å². The second-order valence-electron chi connectivity index (χ2n) is 4.90. The molecule has 1 saturated carbocycles. The molecule has 0 aliphatic heterocycles. The van der Waals surface area contributed by atoms with E-state index in [4.69, 9.17) is 5.73 Å². The van der Waals surface area contributed by atoms with E-state index in [0.29, 0.717) is 12.0 Å². The van der Waals surface area contributed by atoms with E-state index in [1.807, 2.05) is 0 Å². The highest BCUT2D eigenvalue weighted by molar-refractivity contribution is 5.21. The molecule has 2 N–H and O–H groups in total. The first-order chi connectivity index (χ1) is 7.25. The summed E-state index contributed by atoms with van der Waals surface area (Å²) in [5.74, 6) is 0.710. The number of hydrogen-bond donors (Lipinski definition) is 1. The van der Waals surface area contributed by atoms with Crippen molar-refractivity contribution in [2.75, 3.05) is 0 Å². The standard InChI is InChI=1S/C14H21N/c1-11-6-8-12(9-7-11)10-13-4-2-3-5-14(13)15/h6-9,13-14H,2-5,10,15H2,1H3. The van der Waals surface area contributed by atoms with Crippen molar-refractivity contribution in [3.05, 3.63) is 35.4 Å². The predicted molar refractivity (Wildman–Crippen MR) is 64.8 cm³/mol. The molecule has 1 aromatic carbocycles. The molecule has 1 aliphatic carbocycles. The van der Waals surface area contributed by atoms with Crippen molar-refractivity contribution >= 4 is 0 Å². The van der Waals surface area contributed by atoms with Crippen molar-refractivity contribution in [2.45, 2.75) is 45.1 Å². The topological polar surface area (TPSA) is 26.0 Å². The number of aryl methyl sites for hydroxylation is 1. The van der Waals surface area contributed by atoms with Gasteiger partial charge in [0.2, 0.25) is 0 Å². The van der Waals surface area contributed by atoms with E-state index in [-0.39, 0.29) is 0 Å². The normalized spacial score (nSPS) is 26.5. The summed E-state index contributed by atoms with van der Waals surface area (Å²) in [5.41, 5.74) is 8.94. The number of rotatable bonds is 2. The van der Waals surface area contributed by atoms with Crippen LogP contribution >= 0.6 is 0 Å². The van der Waals surface area contributed by atoms with E-state index in [1.165, 1.54) is 43.2 Å². The summed E-state index contributed by atoms with van der Waals surface area (Å²) in [6.07, 6.45) is 6.39.